The van der Waals surface area contributed by atoms with Gasteiger partial charge in [-0.1, -0.05) is 0 Å². The second-order valence-electron chi connectivity index (χ2n) is 2.30. The summed E-state index contributed by atoms with van der Waals surface area (Å²) < 4.78 is 10.0. The molecule has 0 saturated carbocycles. The largest absolute Gasteiger partial charge is 0.388 e. The molecule has 1 saturated heterocycles. The van der Waals surface area contributed by atoms with Crippen LogP contribution < -0.4 is 0 Å². The predicted molar refractivity (Wildman–Crippen MR) is 35.1 cm³/mol. The SMILES string of the molecule is B[C@@H]1OCC(OC)C1O. The summed E-state index contributed by atoms with van der Waals surface area (Å²) >= 11 is 0. The van der Waals surface area contributed by atoms with Gasteiger partial charge in [-0.25, -0.2) is 0 Å². The van der Waals surface area contributed by atoms with Gasteiger partial charge in [-0.05, 0) is 0 Å². The van der Waals surface area contributed by atoms with Crippen molar-refractivity contribution in [1.29, 1.82) is 0 Å². The third-order valence-electron chi connectivity index (χ3n) is 1.69. The molecule has 0 aliphatic carbocycles. The number of hydrogen-bond acceptors (Lipinski definition) is 3. The summed E-state index contributed by atoms with van der Waals surface area (Å²) in [6, 6.07) is -0.0741. The van der Waals surface area contributed by atoms with Crippen molar-refractivity contribution >= 4 is 7.85 Å². The Morgan fingerprint density at radius 3 is 2.67 bits per heavy atom. The van der Waals surface area contributed by atoms with Gasteiger partial charge in [0.05, 0.1) is 12.6 Å². The van der Waals surface area contributed by atoms with E-state index in [1.807, 2.05) is 7.85 Å². The molecule has 1 rings (SSSR count). The average Bonchev–Trinajstić information content (AvgIpc) is 2.15. The molecular weight excluding hydrogens is 119 g/mol. The van der Waals surface area contributed by atoms with Gasteiger partial charge in [0, 0.05) is 7.11 Å². The molecule has 0 amide bonds. The van der Waals surface area contributed by atoms with E-state index in [-0.39, 0.29) is 12.1 Å². The zero-order valence-corrected chi connectivity index (χ0v) is 5.70. The quantitative estimate of drug-likeness (QED) is 0.432. The van der Waals surface area contributed by atoms with Crippen LogP contribution in [-0.4, -0.2) is 44.9 Å². The van der Waals surface area contributed by atoms with Gasteiger partial charge in [0.1, 0.15) is 20.1 Å². The van der Waals surface area contributed by atoms with Crippen molar-refractivity contribution in [1.82, 2.24) is 0 Å². The maximum Gasteiger partial charge on any atom is 0.142 e. The van der Waals surface area contributed by atoms with Crippen molar-refractivity contribution in [3.63, 3.8) is 0 Å². The molecule has 2 unspecified atom stereocenters. The molecule has 1 fully saturated rings. The highest BCUT2D eigenvalue weighted by atomic mass is 16.6. The lowest BCUT2D eigenvalue weighted by Gasteiger charge is -2.11. The van der Waals surface area contributed by atoms with Crippen molar-refractivity contribution in [2.45, 2.75) is 18.2 Å². The summed E-state index contributed by atoms with van der Waals surface area (Å²) in [5, 5.41) is 9.21. The summed E-state index contributed by atoms with van der Waals surface area (Å²) in [6.45, 7) is 0.513. The highest BCUT2D eigenvalue weighted by molar-refractivity contribution is 6.11. The Labute approximate surface area is 55.4 Å². The molecule has 0 spiro atoms. The predicted octanol–water partition coefficient (Wildman–Crippen LogP) is -1.65. The van der Waals surface area contributed by atoms with Gasteiger partial charge in [-0.3, -0.25) is 0 Å². The van der Waals surface area contributed by atoms with E-state index < -0.39 is 6.10 Å². The minimum atomic E-state index is -0.449. The van der Waals surface area contributed by atoms with Crippen LogP contribution in [0.1, 0.15) is 0 Å². The van der Waals surface area contributed by atoms with Gasteiger partial charge in [0.25, 0.3) is 0 Å². The molecule has 3 atom stereocenters. The molecule has 3 nitrogen and oxygen atoms in total. The molecule has 1 N–H and O–H groups in total. The Balaban J connectivity index is 2.41. The minimum Gasteiger partial charge on any atom is -0.388 e. The first-order valence-electron chi connectivity index (χ1n) is 3.08. The summed E-state index contributed by atoms with van der Waals surface area (Å²) in [6.07, 6.45) is -0.574. The molecule has 1 aliphatic heterocycles. The smallest absolute Gasteiger partial charge is 0.142 e. The van der Waals surface area contributed by atoms with Crippen LogP contribution >= 0.6 is 0 Å². The van der Waals surface area contributed by atoms with E-state index in [2.05, 4.69) is 0 Å². The molecule has 0 radical (unpaired) electrons. The van der Waals surface area contributed by atoms with Crippen molar-refractivity contribution < 1.29 is 14.6 Å². The van der Waals surface area contributed by atoms with Crippen LogP contribution in [-0.2, 0) is 9.47 Å². The molecule has 52 valence electrons. The maximum atomic E-state index is 9.21. The van der Waals surface area contributed by atoms with Crippen LogP contribution in [0.15, 0.2) is 0 Å². The Morgan fingerprint density at radius 2 is 2.44 bits per heavy atom. The number of methoxy groups -OCH3 is 1. The topological polar surface area (TPSA) is 38.7 Å². The van der Waals surface area contributed by atoms with E-state index in [1.165, 1.54) is 0 Å². The lowest BCUT2D eigenvalue weighted by Crippen LogP contribution is -2.31. The van der Waals surface area contributed by atoms with Crippen LogP contribution in [0.5, 0.6) is 0 Å². The van der Waals surface area contributed by atoms with E-state index in [4.69, 9.17) is 9.47 Å². The molecule has 0 aromatic carbocycles. The van der Waals surface area contributed by atoms with Gasteiger partial charge < -0.3 is 14.6 Å². The molecule has 9 heavy (non-hydrogen) atoms. The van der Waals surface area contributed by atoms with Crippen LogP contribution in [0.4, 0.5) is 0 Å². The summed E-state index contributed by atoms with van der Waals surface area (Å²) in [5.41, 5.74) is 0. The second kappa shape index (κ2) is 2.69. The van der Waals surface area contributed by atoms with Gasteiger partial charge in [0.2, 0.25) is 0 Å². The second-order valence-corrected chi connectivity index (χ2v) is 2.30. The fraction of sp³-hybridized carbons (Fsp3) is 1.00. The van der Waals surface area contributed by atoms with Crippen LogP contribution in [0.3, 0.4) is 0 Å². The van der Waals surface area contributed by atoms with E-state index in [9.17, 15) is 5.11 Å². The molecule has 0 aromatic heterocycles. The fourth-order valence-corrected chi connectivity index (χ4v) is 0.954. The first kappa shape index (κ1) is 7.06. The third kappa shape index (κ3) is 1.26. The number of aliphatic hydroxyl groups is 1. The normalized spacial score (nSPS) is 43.6. The Kier molecular flexibility index (Phi) is 2.11. The van der Waals surface area contributed by atoms with Gasteiger partial charge >= 0.3 is 0 Å². The Bertz CT molecular complexity index is 98.2. The van der Waals surface area contributed by atoms with Crippen LogP contribution in [0.25, 0.3) is 0 Å². The summed E-state index contributed by atoms with van der Waals surface area (Å²) in [7, 11) is 3.42. The molecule has 4 heteroatoms. The lowest BCUT2D eigenvalue weighted by atomic mass is 9.94. The molecule has 1 heterocycles. The molecule has 1 aliphatic rings. The first-order valence-corrected chi connectivity index (χ1v) is 3.08. The van der Waals surface area contributed by atoms with Gasteiger partial charge in [-0.15, -0.1) is 0 Å². The summed E-state index contributed by atoms with van der Waals surface area (Å²) in [4.78, 5) is 0. The Hall–Kier alpha value is -0.0551. The monoisotopic (exact) mass is 130 g/mol. The number of aliphatic hydroxyl groups excluding tert-OH is 1. The van der Waals surface area contributed by atoms with Gasteiger partial charge in [0.15, 0.2) is 0 Å². The maximum absolute atomic E-state index is 9.21. The summed E-state index contributed by atoms with van der Waals surface area (Å²) in [5.74, 6) is 0. The number of ether oxygens (including phenoxy) is 2. The number of hydrogen-bond donors (Lipinski definition) is 1. The zero-order valence-electron chi connectivity index (χ0n) is 5.70. The third-order valence-corrected chi connectivity index (χ3v) is 1.69. The van der Waals surface area contributed by atoms with E-state index in [1.54, 1.807) is 7.11 Å². The van der Waals surface area contributed by atoms with E-state index in [0.717, 1.165) is 0 Å². The molecule has 0 aromatic rings. The zero-order chi connectivity index (χ0) is 6.85. The van der Waals surface area contributed by atoms with Crippen molar-refractivity contribution in [3.05, 3.63) is 0 Å². The highest BCUT2D eigenvalue weighted by Crippen LogP contribution is 2.13. The van der Waals surface area contributed by atoms with Crippen LogP contribution in [0.2, 0.25) is 0 Å². The average molecular weight is 130 g/mol. The fourth-order valence-electron chi connectivity index (χ4n) is 0.954. The van der Waals surface area contributed by atoms with Crippen molar-refractivity contribution in [3.8, 4) is 0 Å². The van der Waals surface area contributed by atoms with Crippen LogP contribution in [0, 0.1) is 0 Å². The standard InChI is InChI=1S/C5H11BO3/c1-8-3-2-9-5(6)4(3)7/h3-5,7H,2,6H2,1H3/t3?,4?,5-/m1/s1. The lowest BCUT2D eigenvalue weighted by molar-refractivity contribution is 0.0177. The van der Waals surface area contributed by atoms with E-state index in [0.29, 0.717) is 6.61 Å². The van der Waals surface area contributed by atoms with Gasteiger partial charge in [-0.2, -0.15) is 0 Å². The molecular formula is C5H11BO3. The highest BCUT2D eigenvalue weighted by Gasteiger charge is 2.32. The van der Waals surface area contributed by atoms with E-state index >= 15 is 0 Å². The van der Waals surface area contributed by atoms with Crippen molar-refractivity contribution in [2.24, 2.45) is 0 Å². The van der Waals surface area contributed by atoms with Crippen molar-refractivity contribution in [2.75, 3.05) is 13.7 Å². The Morgan fingerprint density at radius 1 is 1.78 bits per heavy atom. The first-order chi connectivity index (χ1) is 4.25. The molecule has 0 bridgehead atoms. The minimum absolute atomic E-state index is 0.0741. The number of rotatable bonds is 1.